The van der Waals surface area contributed by atoms with Gasteiger partial charge in [-0.05, 0) is 46.5 Å². The Kier molecular flexibility index (Phi) is 3.06. The molecule has 2 heterocycles. The van der Waals surface area contributed by atoms with E-state index in [0.717, 1.165) is 12.8 Å². The van der Waals surface area contributed by atoms with Crippen molar-refractivity contribution in [2.24, 2.45) is 0 Å². The molecule has 0 saturated carbocycles. The van der Waals surface area contributed by atoms with E-state index in [4.69, 9.17) is 4.74 Å². The van der Waals surface area contributed by atoms with Crippen molar-refractivity contribution in [3.05, 3.63) is 0 Å². The Morgan fingerprint density at radius 1 is 1.25 bits per heavy atom. The molecule has 2 bridgehead atoms. The fourth-order valence-corrected chi connectivity index (χ4v) is 3.80. The van der Waals surface area contributed by atoms with E-state index in [2.05, 4.69) is 25.7 Å². The highest BCUT2D eigenvalue weighted by atomic mass is 16.5. The molecule has 0 amide bonds. The molecule has 2 fully saturated rings. The molecule has 1 N–H and O–H groups in total. The van der Waals surface area contributed by atoms with Crippen LogP contribution in [-0.2, 0) is 4.74 Å². The Morgan fingerprint density at radius 3 is 2.12 bits per heavy atom. The van der Waals surface area contributed by atoms with E-state index in [9.17, 15) is 5.11 Å². The maximum absolute atomic E-state index is 10.5. The van der Waals surface area contributed by atoms with Crippen molar-refractivity contribution in [3.8, 4) is 0 Å². The Hall–Kier alpha value is -0.120. The minimum atomic E-state index is -0.581. The minimum absolute atomic E-state index is 0.222. The lowest BCUT2D eigenvalue weighted by molar-refractivity contribution is -0.109. The monoisotopic (exact) mass is 227 g/mol. The van der Waals surface area contributed by atoms with Crippen LogP contribution in [-0.4, -0.2) is 46.9 Å². The average molecular weight is 227 g/mol. The Balaban J connectivity index is 2.12. The van der Waals surface area contributed by atoms with Crippen LogP contribution in [0.25, 0.3) is 0 Å². The molecule has 3 nitrogen and oxygen atoms in total. The van der Waals surface area contributed by atoms with Crippen molar-refractivity contribution in [1.29, 1.82) is 0 Å². The van der Waals surface area contributed by atoms with Crippen LogP contribution in [0.2, 0.25) is 0 Å². The lowest BCUT2D eigenvalue weighted by Gasteiger charge is -2.49. The van der Waals surface area contributed by atoms with Gasteiger partial charge in [0.1, 0.15) is 0 Å². The lowest BCUT2D eigenvalue weighted by atomic mass is 9.84. The average Bonchev–Trinajstić information content (AvgIpc) is 2.39. The molecule has 0 aromatic carbocycles. The highest BCUT2D eigenvalue weighted by Crippen LogP contribution is 2.44. The van der Waals surface area contributed by atoms with Crippen LogP contribution in [0.4, 0.5) is 0 Å². The quantitative estimate of drug-likeness (QED) is 0.780. The Labute approximate surface area is 98.8 Å². The van der Waals surface area contributed by atoms with Crippen molar-refractivity contribution in [2.45, 2.75) is 69.7 Å². The highest BCUT2D eigenvalue weighted by Gasteiger charge is 2.50. The van der Waals surface area contributed by atoms with E-state index in [1.54, 1.807) is 7.11 Å². The van der Waals surface area contributed by atoms with Crippen LogP contribution in [0.1, 0.15) is 46.5 Å². The molecule has 0 aliphatic carbocycles. The molecule has 3 heteroatoms. The molecular weight excluding hydrogens is 202 g/mol. The van der Waals surface area contributed by atoms with Crippen molar-refractivity contribution in [3.63, 3.8) is 0 Å². The van der Waals surface area contributed by atoms with Gasteiger partial charge >= 0.3 is 0 Å². The molecule has 0 radical (unpaired) electrons. The third-order valence-corrected chi connectivity index (χ3v) is 4.04. The number of piperidine rings is 1. The summed E-state index contributed by atoms with van der Waals surface area (Å²) in [5.41, 5.74) is -0.359. The van der Waals surface area contributed by atoms with Crippen molar-refractivity contribution in [1.82, 2.24) is 4.90 Å². The van der Waals surface area contributed by atoms with Gasteiger partial charge in [0, 0.05) is 24.7 Å². The molecule has 0 aromatic heterocycles. The maximum Gasteiger partial charge on any atom is 0.0909 e. The molecule has 94 valence electrons. The standard InChI is InChI=1S/C13H25NO2/c1-12(2,3)14-10-5-6-11(14)8-13(15,7-10)9-16-4/h10-11,15H,5-9H2,1-4H3/t10-,11?,13?/m1/s1. The SMILES string of the molecule is COCC1(O)CC2CC[C@H](C1)N2C(C)(C)C. The van der Waals surface area contributed by atoms with E-state index in [-0.39, 0.29) is 5.54 Å². The summed E-state index contributed by atoms with van der Waals surface area (Å²) in [6.07, 6.45) is 4.20. The van der Waals surface area contributed by atoms with E-state index in [1.807, 2.05) is 0 Å². The van der Waals surface area contributed by atoms with Gasteiger partial charge in [-0.15, -0.1) is 0 Å². The zero-order chi connectivity index (χ0) is 12.0. The first-order valence-electron chi connectivity index (χ1n) is 6.35. The number of methoxy groups -OCH3 is 1. The van der Waals surface area contributed by atoms with Gasteiger partial charge in [-0.2, -0.15) is 0 Å². The number of rotatable bonds is 2. The predicted octanol–water partition coefficient (Wildman–Crippen LogP) is 1.79. The van der Waals surface area contributed by atoms with Crippen LogP contribution in [0, 0.1) is 0 Å². The first kappa shape index (κ1) is 12.3. The number of ether oxygens (including phenoxy) is 1. The fourth-order valence-electron chi connectivity index (χ4n) is 3.80. The zero-order valence-corrected chi connectivity index (χ0v) is 11.0. The van der Waals surface area contributed by atoms with E-state index < -0.39 is 5.60 Å². The van der Waals surface area contributed by atoms with E-state index >= 15 is 0 Å². The normalized spacial score (nSPS) is 40.3. The fraction of sp³-hybridized carbons (Fsp3) is 1.00. The third kappa shape index (κ3) is 2.13. The summed E-state index contributed by atoms with van der Waals surface area (Å²) in [6.45, 7) is 7.31. The summed E-state index contributed by atoms with van der Waals surface area (Å²) in [4.78, 5) is 2.61. The topological polar surface area (TPSA) is 32.7 Å². The van der Waals surface area contributed by atoms with Crippen molar-refractivity contribution >= 4 is 0 Å². The second-order valence-corrected chi connectivity index (χ2v) is 6.53. The molecule has 2 rings (SSSR count). The number of aliphatic hydroxyl groups is 1. The number of hydrogen-bond acceptors (Lipinski definition) is 3. The van der Waals surface area contributed by atoms with Gasteiger partial charge in [0.15, 0.2) is 0 Å². The van der Waals surface area contributed by atoms with Gasteiger partial charge in [0.05, 0.1) is 12.2 Å². The third-order valence-electron chi connectivity index (χ3n) is 4.04. The van der Waals surface area contributed by atoms with E-state index in [0.29, 0.717) is 18.7 Å². The molecular formula is C13H25NO2. The van der Waals surface area contributed by atoms with Crippen LogP contribution >= 0.6 is 0 Å². The molecule has 2 unspecified atom stereocenters. The maximum atomic E-state index is 10.5. The summed E-state index contributed by atoms with van der Waals surface area (Å²) in [5, 5.41) is 10.5. The molecule has 16 heavy (non-hydrogen) atoms. The smallest absolute Gasteiger partial charge is 0.0909 e. The van der Waals surface area contributed by atoms with Gasteiger partial charge < -0.3 is 9.84 Å². The number of fused-ring (bicyclic) bond motifs is 2. The molecule has 3 atom stereocenters. The lowest BCUT2D eigenvalue weighted by Crippen LogP contribution is -2.58. The second kappa shape index (κ2) is 3.97. The van der Waals surface area contributed by atoms with Crippen LogP contribution < -0.4 is 0 Å². The van der Waals surface area contributed by atoms with Crippen molar-refractivity contribution < 1.29 is 9.84 Å². The second-order valence-electron chi connectivity index (χ2n) is 6.53. The zero-order valence-electron chi connectivity index (χ0n) is 11.0. The van der Waals surface area contributed by atoms with Gasteiger partial charge in [0.25, 0.3) is 0 Å². The highest BCUT2D eigenvalue weighted by molar-refractivity contribution is 5.05. The Morgan fingerprint density at radius 2 is 1.75 bits per heavy atom. The molecule has 0 aromatic rings. The molecule has 2 aliphatic heterocycles. The molecule has 2 saturated heterocycles. The van der Waals surface area contributed by atoms with Crippen LogP contribution in [0.3, 0.4) is 0 Å². The number of nitrogens with zero attached hydrogens (tertiary/aromatic N) is 1. The summed E-state index contributed by atoms with van der Waals surface area (Å²) in [7, 11) is 1.68. The van der Waals surface area contributed by atoms with Crippen LogP contribution in [0.15, 0.2) is 0 Å². The van der Waals surface area contributed by atoms with Gasteiger partial charge in [-0.1, -0.05) is 0 Å². The minimum Gasteiger partial charge on any atom is -0.387 e. The molecule has 2 aliphatic rings. The summed E-state index contributed by atoms with van der Waals surface area (Å²) in [6, 6.07) is 1.08. The Bertz CT molecular complexity index is 245. The first-order chi connectivity index (χ1) is 7.36. The number of hydrogen-bond donors (Lipinski definition) is 1. The van der Waals surface area contributed by atoms with Crippen LogP contribution in [0.5, 0.6) is 0 Å². The summed E-state index contributed by atoms with van der Waals surface area (Å²) < 4.78 is 5.16. The largest absolute Gasteiger partial charge is 0.387 e. The molecule has 0 spiro atoms. The summed E-state index contributed by atoms with van der Waals surface area (Å²) in [5.74, 6) is 0. The van der Waals surface area contributed by atoms with Gasteiger partial charge in [-0.25, -0.2) is 0 Å². The van der Waals surface area contributed by atoms with Gasteiger partial charge in [0.2, 0.25) is 0 Å². The predicted molar refractivity (Wildman–Crippen MR) is 64.5 cm³/mol. The first-order valence-corrected chi connectivity index (χ1v) is 6.35. The summed E-state index contributed by atoms with van der Waals surface area (Å²) >= 11 is 0. The van der Waals surface area contributed by atoms with Gasteiger partial charge in [-0.3, -0.25) is 4.90 Å². The van der Waals surface area contributed by atoms with Crippen molar-refractivity contribution in [2.75, 3.05) is 13.7 Å². The van der Waals surface area contributed by atoms with E-state index in [1.165, 1.54) is 12.8 Å².